The van der Waals surface area contributed by atoms with Crippen molar-refractivity contribution < 1.29 is 9.59 Å². The van der Waals surface area contributed by atoms with Crippen LogP contribution in [0.25, 0.3) is 0 Å². The van der Waals surface area contributed by atoms with Gasteiger partial charge in [0.25, 0.3) is 0 Å². The second-order valence-electron chi connectivity index (χ2n) is 6.27. The van der Waals surface area contributed by atoms with Crippen LogP contribution in [-0.4, -0.2) is 41.8 Å². The van der Waals surface area contributed by atoms with E-state index in [4.69, 9.17) is 18.0 Å². The average molecular weight is 297 g/mol. The standard InChI is InChI=1S/C14H23N3O2S/c1-13(11(18)16-2)7-8-17(9-13)12(19)14(10(15)20)5-3-4-6-14/h3-9H2,1-2H3,(H2,15,20)(H,16,18). The van der Waals surface area contributed by atoms with Crippen molar-refractivity contribution in [2.45, 2.75) is 39.0 Å². The van der Waals surface area contributed by atoms with E-state index in [1.807, 2.05) is 6.92 Å². The van der Waals surface area contributed by atoms with E-state index in [0.29, 0.717) is 24.5 Å². The van der Waals surface area contributed by atoms with Gasteiger partial charge < -0.3 is 16.0 Å². The second kappa shape index (κ2) is 5.31. The summed E-state index contributed by atoms with van der Waals surface area (Å²) < 4.78 is 0. The lowest BCUT2D eigenvalue weighted by atomic mass is 9.84. The molecule has 1 atom stereocenters. The van der Waals surface area contributed by atoms with Crippen LogP contribution in [0.1, 0.15) is 39.0 Å². The molecule has 2 fully saturated rings. The quantitative estimate of drug-likeness (QED) is 0.756. The zero-order valence-electron chi connectivity index (χ0n) is 12.2. The monoisotopic (exact) mass is 297 g/mol. The molecule has 0 aromatic heterocycles. The van der Waals surface area contributed by atoms with Crippen molar-refractivity contribution in [3.05, 3.63) is 0 Å². The van der Waals surface area contributed by atoms with Crippen LogP contribution in [0.4, 0.5) is 0 Å². The van der Waals surface area contributed by atoms with Crippen molar-refractivity contribution in [1.82, 2.24) is 10.2 Å². The van der Waals surface area contributed by atoms with Crippen LogP contribution in [0.2, 0.25) is 0 Å². The van der Waals surface area contributed by atoms with Crippen molar-refractivity contribution >= 4 is 29.0 Å². The van der Waals surface area contributed by atoms with Crippen LogP contribution in [0, 0.1) is 10.8 Å². The van der Waals surface area contributed by atoms with Crippen LogP contribution in [0.15, 0.2) is 0 Å². The first-order valence-electron chi connectivity index (χ1n) is 7.17. The van der Waals surface area contributed by atoms with E-state index >= 15 is 0 Å². The third kappa shape index (κ3) is 2.30. The van der Waals surface area contributed by atoms with E-state index < -0.39 is 10.8 Å². The van der Waals surface area contributed by atoms with E-state index in [-0.39, 0.29) is 11.8 Å². The van der Waals surface area contributed by atoms with Gasteiger partial charge in [-0.1, -0.05) is 25.1 Å². The maximum absolute atomic E-state index is 12.8. The number of carbonyl (C=O) groups excluding carboxylic acids is 2. The molecule has 5 nitrogen and oxygen atoms in total. The molecule has 1 unspecified atom stereocenters. The predicted octanol–water partition coefficient (Wildman–Crippen LogP) is 0.817. The molecule has 0 radical (unpaired) electrons. The fourth-order valence-corrected chi connectivity index (χ4v) is 3.76. The summed E-state index contributed by atoms with van der Waals surface area (Å²) in [5, 5.41) is 2.68. The van der Waals surface area contributed by atoms with Gasteiger partial charge in [-0.15, -0.1) is 0 Å². The minimum Gasteiger partial charge on any atom is -0.392 e. The molecular formula is C14H23N3O2S. The topological polar surface area (TPSA) is 75.4 Å². The Morgan fingerprint density at radius 3 is 2.35 bits per heavy atom. The van der Waals surface area contributed by atoms with Gasteiger partial charge in [-0.3, -0.25) is 9.59 Å². The highest BCUT2D eigenvalue weighted by Crippen LogP contribution is 2.42. The maximum atomic E-state index is 12.8. The van der Waals surface area contributed by atoms with Gasteiger partial charge in [-0.2, -0.15) is 0 Å². The van der Waals surface area contributed by atoms with Crippen molar-refractivity contribution in [1.29, 1.82) is 0 Å². The smallest absolute Gasteiger partial charge is 0.235 e. The molecule has 2 amide bonds. The van der Waals surface area contributed by atoms with Gasteiger partial charge in [0.2, 0.25) is 11.8 Å². The molecule has 1 saturated carbocycles. The molecule has 1 aliphatic carbocycles. The van der Waals surface area contributed by atoms with Gasteiger partial charge in [0.05, 0.1) is 15.8 Å². The Morgan fingerprint density at radius 2 is 1.85 bits per heavy atom. The third-order valence-electron chi connectivity index (χ3n) is 4.87. The number of nitrogens with zero attached hydrogens (tertiary/aromatic N) is 1. The van der Waals surface area contributed by atoms with E-state index in [9.17, 15) is 9.59 Å². The fraction of sp³-hybridized carbons (Fsp3) is 0.786. The third-order valence-corrected chi connectivity index (χ3v) is 5.26. The molecule has 1 saturated heterocycles. The summed E-state index contributed by atoms with van der Waals surface area (Å²) in [6.07, 6.45) is 4.15. The normalized spacial score (nSPS) is 28.4. The number of amides is 2. The number of hydrogen-bond acceptors (Lipinski definition) is 3. The molecule has 112 valence electrons. The van der Waals surface area contributed by atoms with Crippen LogP contribution in [-0.2, 0) is 9.59 Å². The lowest BCUT2D eigenvalue weighted by Gasteiger charge is -2.32. The molecule has 1 aliphatic heterocycles. The molecule has 2 aliphatic rings. The molecule has 3 N–H and O–H groups in total. The number of hydrogen-bond donors (Lipinski definition) is 2. The van der Waals surface area contributed by atoms with E-state index in [1.165, 1.54) is 0 Å². The number of nitrogens with two attached hydrogens (primary N) is 1. The molecule has 0 aromatic rings. The molecule has 1 heterocycles. The van der Waals surface area contributed by atoms with Crippen molar-refractivity contribution in [3.63, 3.8) is 0 Å². The van der Waals surface area contributed by atoms with Crippen molar-refractivity contribution in [2.24, 2.45) is 16.6 Å². The Morgan fingerprint density at radius 1 is 1.25 bits per heavy atom. The zero-order chi connectivity index (χ0) is 15.0. The largest absolute Gasteiger partial charge is 0.392 e. The SMILES string of the molecule is CNC(=O)C1(C)CCN(C(=O)C2(C(N)=S)CCCC2)C1. The zero-order valence-corrected chi connectivity index (χ0v) is 13.0. The summed E-state index contributed by atoms with van der Waals surface area (Å²) in [5.41, 5.74) is 4.70. The van der Waals surface area contributed by atoms with Gasteiger partial charge >= 0.3 is 0 Å². The van der Waals surface area contributed by atoms with E-state index in [0.717, 1.165) is 25.7 Å². The molecule has 0 bridgehead atoms. The fourth-order valence-electron chi connectivity index (χ4n) is 3.47. The Bertz CT molecular complexity index is 446. The average Bonchev–Trinajstić information content (AvgIpc) is 3.05. The first-order valence-corrected chi connectivity index (χ1v) is 7.58. The van der Waals surface area contributed by atoms with Gasteiger partial charge in [0.15, 0.2) is 0 Å². The van der Waals surface area contributed by atoms with Crippen LogP contribution < -0.4 is 11.1 Å². The first kappa shape index (κ1) is 15.2. The molecule has 0 spiro atoms. The summed E-state index contributed by atoms with van der Waals surface area (Å²) in [6.45, 7) is 2.96. The van der Waals surface area contributed by atoms with Crippen LogP contribution in [0.5, 0.6) is 0 Å². The number of carbonyl (C=O) groups is 2. The van der Waals surface area contributed by atoms with E-state index in [1.54, 1.807) is 11.9 Å². The van der Waals surface area contributed by atoms with Crippen molar-refractivity contribution in [3.8, 4) is 0 Å². The Balaban J connectivity index is 2.15. The lowest BCUT2D eigenvalue weighted by molar-refractivity contribution is -0.138. The highest BCUT2D eigenvalue weighted by molar-refractivity contribution is 7.80. The Kier molecular flexibility index (Phi) is 4.04. The lowest BCUT2D eigenvalue weighted by Crippen LogP contribution is -2.49. The molecule has 2 rings (SSSR count). The van der Waals surface area contributed by atoms with Gasteiger partial charge in [0, 0.05) is 20.1 Å². The minimum absolute atomic E-state index is 0.0106. The van der Waals surface area contributed by atoms with Crippen LogP contribution >= 0.6 is 12.2 Å². The number of likely N-dealkylation sites (tertiary alicyclic amines) is 1. The molecular weight excluding hydrogens is 274 g/mol. The summed E-state index contributed by atoms with van der Waals surface area (Å²) in [4.78, 5) is 26.9. The second-order valence-corrected chi connectivity index (χ2v) is 6.71. The van der Waals surface area contributed by atoms with Gasteiger partial charge in [-0.25, -0.2) is 0 Å². The summed E-state index contributed by atoms with van der Waals surface area (Å²) in [6, 6.07) is 0. The molecule has 0 aromatic carbocycles. The number of nitrogens with one attached hydrogen (secondary N) is 1. The highest BCUT2D eigenvalue weighted by Gasteiger charge is 2.50. The summed E-state index contributed by atoms with van der Waals surface area (Å²) in [7, 11) is 1.63. The van der Waals surface area contributed by atoms with Crippen molar-refractivity contribution in [2.75, 3.05) is 20.1 Å². The highest BCUT2D eigenvalue weighted by atomic mass is 32.1. The van der Waals surface area contributed by atoms with E-state index in [2.05, 4.69) is 5.32 Å². The first-order chi connectivity index (χ1) is 9.35. The summed E-state index contributed by atoms with van der Waals surface area (Å²) in [5.74, 6) is 0.0127. The Labute approximate surface area is 125 Å². The maximum Gasteiger partial charge on any atom is 0.235 e. The predicted molar refractivity (Wildman–Crippen MR) is 81.1 cm³/mol. The van der Waals surface area contributed by atoms with Crippen LogP contribution in [0.3, 0.4) is 0 Å². The summed E-state index contributed by atoms with van der Waals surface area (Å²) >= 11 is 5.16. The molecule has 6 heteroatoms. The number of thiocarbonyl (C=S) groups is 1. The number of rotatable bonds is 3. The van der Waals surface area contributed by atoms with Gasteiger partial charge in [0.1, 0.15) is 0 Å². The Hall–Kier alpha value is -1.17. The van der Waals surface area contributed by atoms with Gasteiger partial charge in [-0.05, 0) is 26.2 Å². The molecule has 20 heavy (non-hydrogen) atoms. The minimum atomic E-state index is -0.663.